The van der Waals surface area contributed by atoms with E-state index in [2.05, 4.69) is 37.4 Å². The third-order valence-electron chi connectivity index (χ3n) is 5.46. The van der Waals surface area contributed by atoms with Gasteiger partial charge in [-0.3, -0.25) is 4.98 Å². The molecule has 37 heavy (non-hydrogen) atoms. The van der Waals surface area contributed by atoms with E-state index in [-0.39, 0.29) is 11.4 Å². The first-order valence-corrected chi connectivity index (χ1v) is 11.0. The average Bonchev–Trinajstić information content (AvgIpc) is 3.38. The lowest BCUT2D eigenvalue weighted by molar-refractivity contribution is -0.0906. The predicted octanol–water partition coefficient (Wildman–Crippen LogP) is 5.08. The van der Waals surface area contributed by atoms with E-state index in [1.54, 1.807) is 37.3 Å². The summed E-state index contributed by atoms with van der Waals surface area (Å²) in [5.41, 5.74) is -0.432. The van der Waals surface area contributed by atoms with Crippen LogP contribution in [0.15, 0.2) is 78.7 Å². The molecule has 9 nitrogen and oxygen atoms in total. The molecule has 1 atom stereocenters. The van der Waals surface area contributed by atoms with E-state index in [1.807, 2.05) is 0 Å². The number of nitrogens with one attached hydrogen (secondary N) is 3. The molecule has 0 saturated carbocycles. The number of pyridine rings is 2. The smallest absolute Gasteiger partial charge is 0.387 e. The molecule has 4 N–H and O–H groups in total. The molecule has 0 saturated heterocycles. The summed E-state index contributed by atoms with van der Waals surface area (Å²) in [5.74, 6) is 0.460. The quantitative estimate of drug-likeness (QED) is 0.193. The van der Waals surface area contributed by atoms with Crippen LogP contribution in [0.25, 0.3) is 16.6 Å². The van der Waals surface area contributed by atoms with Crippen LogP contribution in [0.2, 0.25) is 0 Å². The molecule has 1 aromatic carbocycles. The number of aliphatic hydroxyl groups is 1. The minimum Gasteiger partial charge on any atom is -0.387 e. The molecule has 0 aliphatic carbocycles. The molecule has 12 heteroatoms. The normalized spacial score (nSPS) is 13.1. The molecular weight excluding hydrogens is 485 g/mol. The Kier molecular flexibility index (Phi) is 7.02. The van der Waals surface area contributed by atoms with Gasteiger partial charge in [-0.05, 0) is 25.5 Å². The molecular formula is C25H23F3N8O. The predicted molar refractivity (Wildman–Crippen MR) is 135 cm³/mol. The van der Waals surface area contributed by atoms with E-state index in [0.717, 1.165) is 0 Å². The Bertz CT molecular complexity index is 1490. The molecule has 0 fully saturated rings. The second-order valence-electron chi connectivity index (χ2n) is 8.12. The molecule has 0 bridgehead atoms. The average molecular weight is 509 g/mol. The van der Waals surface area contributed by atoms with Gasteiger partial charge in [0.15, 0.2) is 5.82 Å². The fourth-order valence-corrected chi connectivity index (χ4v) is 3.79. The fourth-order valence-electron chi connectivity index (χ4n) is 3.79. The molecule has 0 aliphatic heterocycles. The molecule has 190 valence electrons. The molecule has 4 rings (SSSR count). The Morgan fingerprint density at radius 2 is 1.78 bits per heavy atom. The second kappa shape index (κ2) is 10.2. The first-order valence-electron chi connectivity index (χ1n) is 11.0. The van der Waals surface area contributed by atoms with Gasteiger partial charge >= 0.3 is 6.18 Å². The van der Waals surface area contributed by atoms with Crippen molar-refractivity contribution in [3.63, 3.8) is 0 Å². The van der Waals surface area contributed by atoms with Gasteiger partial charge in [-0.1, -0.05) is 30.8 Å². The Morgan fingerprint density at radius 1 is 1.11 bits per heavy atom. The number of hydrogen-bond acceptors (Lipinski definition) is 8. The van der Waals surface area contributed by atoms with Crippen LogP contribution >= 0.6 is 0 Å². The SMILES string of the molecule is C=C(Nc1cnc(-n2nccn2)c(C)c1)/C(C=N)=C(/Nc1cnc(C(C)O)c2ccccc12)C(F)(F)F. The topological polar surface area (TPSA) is 125 Å². The number of halogens is 3. The number of rotatable bonds is 8. The van der Waals surface area contributed by atoms with E-state index in [9.17, 15) is 18.3 Å². The first kappa shape index (κ1) is 25.5. The van der Waals surface area contributed by atoms with Crippen LogP contribution < -0.4 is 10.6 Å². The molecule has 4 aromatic rings. The summed E-state index contributed by atoms with van der Waals surface area (Å²) in [6.07, 6.45) is 0.440. The van der Waals surface area contributed by atoms with E-state index in [4.69, 9.17) is 5.41 Å². The molecule has 3 aromatic heterocycles. The summed E-state index contributed by atoms with van der Waals surface area (Å²) >= 11 is 0. The van der Waals surface area contributed by atoms with Crippen LogP contribution in [-0.4, -0.2) is 42.5 Å². The number of hydrogen-bond donors (Lipinski definition) is 4. The molecule has 3 heterocycles. The van der Waals surface area contributed by atoms with Gasteiger partial charge in [0.05, 0.1) is 48.0 Å². The summed E-state index contributed by atoms with van der Waals surface area (Å²) in [6, 6.07) is 8.33. The highest BCUT2D eigenvalue weighted by Gasteiger charge is 2.37. The van der Waals surface area contributed by atoms with Crippen molar-refractivity contribution in [2.45, 2.75) is 26.1 Å². The van der Waals surface area contributed by atoms with Crippen molar-refractivity contribution < 1.29 is 18.3 Å². The summed E-state index contributed by atoms with van der Waals surface area (Å²) in [7, 11) is 0. The van der Waals surface area contributed by atoms with Crippen molar-refractivity contribution in [3.05, 3.63) is 89.9 Å². The van der Waals surface area contributed by atoms with E-state index in [0.29, 0.717) is 39.7 Å². The van der Waals surface area contributed by atoms with Gasteiger partial charge in [0.25, 0.3) is 0 Å². The first-order chi connectivity index (χ1) is 17.6. The highest BCUT2D eigenvalue weighted by Crippen LogP contribution is 2.35. The third kappa shape index (κ3) is 5.33. The summed E-state index contributed by atoms with van der Waals surface area (Å²) in [6.45, 7) is 7.02. The molecule has 0 amide bonds. The third-order valence-corrected chi connectivity index (χ3v) is 5.46. The highest BCUT2D eigenvalue weighted by atomic mass is 19.4. The zero-order chi connectivity index (χ0) is 26.7. The zero-order valence-corrected chi connectivity index (χ0v) is 19.9. The lowest BCUT2D eigenvalue weighted by Crippen LogP contribution is -2.24. The van der Waals surface area contributed by atoms with Crippen molar-refractivity contribution in [2.24, 2.45) is 0 Å². The van der Waals surface area contributed by atoms with Gasteiger partial charge < -0.3 is 21.1 Å². The second-order valence-corrected chi connectivity index (χ2v) is 8.12. The van der Waals surface area contributed by atoms with Crippen molar-refractivity contribution in [2.75, 3.05) is 10.6 Å². The van der Waals surface area contributed by atoms with Gasteiger partial charge in [-0.15, -0.1) is 4.80 Å². The number of anilines is 2. The Hall–Kier alpha value is -4.58. The zero-order valence-electron chi connectivity index (χ0n) is 19.9. The van der Waals surface area contributed by atoms with Crippen LogP contribution in [0, 0.1) is 12.3 Å². The molecule has 0 spiro atoms. The standard InChI is InChI=1S/C25H23F3N8O/c1-14-10-17(12-31-24(14)36-32-8-9-33-36)34-15(2)20(11-29)23(25(26,27)28)35-21-13-30-22(16(3)37)19-7-5-4-6-18(19)21/h4-13,16,29,34-35,37H,2H2,1,3H3/b23-20+,29-11?. The number of aromatic nitrogens is 5. The van der Waals surface area contributed by atoms with Gasteiger partial charge in [0.1, 0.15) is 5.70 Å². The number of aliphatic hydroxyl groups excluding tert-OH is 1. The summed E-state index contributed by atoms with van der Waals surface area (Å²) in [4.78, 5) is 9.75. The largest absolute Gasteiger partial charge is 0.431 e. The van der Waals surface area contributed by atoms with Crippen molar-refractivity contribution in [3.8, 4) is 5.82 Å². The highest BCUT2D eigenvalue weighted by molar-refractivity contribution is 5.96. The maximum atomic E-state index is 14.2. The van der Waals surface area contributed by atoms with E-state index < -0.39 is 23.6 Å². The van der Waals surface area contributed by atoms with E-state index in [1.165, 1.54) is 36.5 Å². The van der Waals surface area contributed by atoms with Gasteiger partial charge in [0.2, 0.25) is 0 Å². The summed E-state index contributed by atoms with van der Waals surface area (Å²) in [5, 5.41) is 32.0. The number of benzene rings is 1. The number of allylic oxidation sites excluding steroid dienone is 2. The Balaban J connectivity index is 1.71. The number of nitrogens with zero attached hydrogens (tertiary/aromatic N) is 5. The van der Waals surface area contributed by atoms with Gasteiger partial charge in [-0.2, -0.15) is 23.4 Å². The fraction of sp³-hybridized carbons (Fsp3) is 0.160. The Morgan fingerprint density at radius 3 is 2.38 bits per heavy atom. The molecule has 0 aliphatic rings. The van der Waals surface area contributed by atoms with Crippen LogP contribution in [0.1, 0.15) is 24.3 Å². The summed E-state index contributed by atoms with van der Waals surface area (Å²) < 4.78 is 42.7. The number of alkyl halides is 3. The van der Waals surface area contributed by atoms with Crippen LogP contribution in [0.3, 0.4) is 0 Å². The maximum absolute atomic E-state index is 14.2. The molecule has 0 radical (unpaired) electrons. The minimum atomic E-state index is -4.86. The lowest BCUT2D eigenvalue weighted by atomic mass is 10.0. The van der Waals surface area contributed by atoms with E-state index >= 15 is 0 Å². The lowest BCUT2D eigenvalue weighted by Gasteiger charge is -2.21. The van der Waals surface area contributed by atoms with Crippen LogP contribution in [0.5, 0.6) is 0 Å². The van der Waals surface area contributed by atoms with Crippen molar-refractivity contribution in [1.82, 2.24) is 25.0 Å². The van der Waals surface area contributed by atoms with Crippen molar-refractivity contribution in [1.29, 1.82) is 5.41 Å². The maximum Gasteiger partial charge on any atom is 0.431 e. The minimum absolute atomic E-state index is 0.0630. The number of fused-ring (bicyclic) bond motifs is 1. The van der Waals surface area contributed by atoms with Crippen LogP contribution in [0.4, 0.5) is 24.5 Å². The van der Waals surface area contributed by atoms with Gasteiger partial charge in [0, 0.05) is 28.3 Å². The van der Waals surface area contributed by atoms with Crippen molar-refractivity contribution >= 4 is 28.4 Å². The van der Waals surface area contributed by atoms with Gasteiger partial charge in [-0.25, -0.2) is 4.98 Å². The number of aryl methyl sites for hydroxylation is 1. The monoisotopic (exact) mass is 508 g/mol. The Labute approximate surface area is 209 Å². The van der Waals surface area contributed by atoms with Crippen LogP contribution in [-0.2, 0) is 0 Å². The molecule has 1 unspecified atom stereocenters.